The van der Waals surface area contributed by atoms with E-state index >= 15 is 0 Å². The molecular formula is C23H27N7S. The van der Waals surface area contributed by atoms with Crippen LogP contribution < -0.4 is 0 Å². The summed E-state index contributed by atoms with van der Waals surface area (Å²) in [5.74, 6) is 2.47. The minimum Gasteiger partial charge on any atom is -0.296 e. The highest BCUT2D eigenvalue weighted by molar-refractivity contribution is 7.98. The lowest BCUT2D eigenvalue weighted by Gasteiger charge is -2.26. The van der Waals surface area contributed by atoms with E-state index in [0.717, 1.165) is 64.9 Å². The van der Waals surface area contributed by atoms with Gasteiger partial charge in [-0.1, -0.05) is 36.4 Å². The molecule has 3 aromatic heterocycles. The summed E-state index contributed by atoms with van der Waals surface area (Å²) in [6, 6.07) is 12.5. The molecule has 0 spiro atoms. The number of thioether (sulfide) groups is 1. The summed E-state index contributed by atoms with van der Waals surface area (Å²) in [4.78, 5) is 11.8. The van der Waals surface area contributed by atoms with Gasteiger partial charge in [-0.2, -0.15) is 0 Å². The maximum Gasteiger partial charge on any atom is 0.234 e. The van der Waals surface area contributed by atoms with Crippen molar-refractivity contribution >= 4 is 17.5 Å². The summed E-state index contributed by atoms with van der Waals surface area (Å²) in [7, 11) is 0. The zero-order chi connectivity index (χ0) is 21.2. The van der Waals surface area contributed by atoms with E-state index in [1.54, 1.807) is 11.8 Å². The number of fused-ring (bicyclic) bond motifs is 1. The molecule has 0 N–H and O–H groups in total. The summed E-state index contributed by atoms with van der Waals surface area (Å²) in [6.07, 6.45) is 5.93. The number of benzene rings is 1. The van der Waals surface area contributed by atoms with Gasteiger partial charge in [-0.3, -0.25) is 13.9 Å². The number of para-hydroxylation sites is 1. The first-order valence-corrected chi connectivity index (χ1v) is 11.8. The van der Waals surface area contributed by atoms with Crippen LogP contribution in [0.1, 0.15) is 42.2 Å². The monoisotopic (exact) mass is 433 g/mol. The Morgan fingerprint density at radius 1 is 0.968 bits per heavy atom. The van der Waals surface area contributed by atoms with E-state index in [9.17, 15) is 0 Å². The van der Waals surface area contributed by atoms with Crippen LogP contribution in [0.15, 0.2) is 47.8 Å². The maximum atomic E-state index is 4.72. The standard InChI is InChI=1S/C23H27N7S/c1-17-13-18(2)29-14-19(25-22(29)24-17)16-31-23-27-26-21(15-28-11-7-4-8-12-28)30(23)20-9-5-3-6-10-20/h3,5-6,9-10,13-14H,4,7-8,11-12,15-16H2,1-2H3. The molecule has 160 valence electrons. The molecule has 0 bridgehead atoms. The smallest absolute Gasteiger partial charge is 0.234 e. The fourth-order valence-electron chi connectivity index (χ4n) is 4.18. The Hall–Kier alpha value is -2.71. The lowest BCUT2D eigenvalue weighted by Crippen LogP contribution is -2.30. The van der Waals surface area contributed by atoms with Gasteiger partial charge in [0, 0.05) is 29.0 Å². The Morgan fingerprint density at radius 2 is 1.77 bits per heavy atom. The molecule has 0 saturated carbocycles. The highest BCUT2D eigenvalue weighted by Gasteiger charge is 2.19. The molecule has 0 amide bonds. The van der Waals surface area contributed by atoms with Gasteiger partial charge in [-0.15, -0.1) is 10.2 Å². The number of rotatable bonds is 6. The Morgan fingerprint density at radius 3 is 2.58 bits per heavy atom. The van der Waals surface area contributed by atoms with Crippen molar-refractivity contribution in [2.45, 2.75) is 50.6 Å². The third kappa shape index (κ3) is 4.36. The summed E-state index contributed by atoms with van der Waals surface area (Å²) in [5.41, 5.74) is 4.22. The largest absolute Gasteiger partial charge is 0.296 e. The molecule has 1 aliphatic heterocycles. The normalized spacial score (nSPS) is 15.0. The second-order valence-corrected chi connectivity index (χ2v) is 9.08. The van der Waals surface area contributed by atoms with Crippen molar-refractivity contribution in [2.24, 2.45) is 0 Å². The third-order valence-corrected chi connectivity index (χ3v) is 6.65. The fraction of sp³-hybridized carbons (Fsp3) is 0.391. The molecule has 1 saturated heterocycles. The Bertz CT molecular complexity index is 1180. The van der Waals surface area contributed by atoms with Crippen molar-refractivity contribution in [1.82, 2.24) is 34.0 Å². The van der Waals surface area contributed by atoms with Crippen LogP contribution >= 0.6 is 11.8 Å². The van der Waals surface area contributed by atoms with Crippen molar-refractivity contribution in [2.75, 3.05) is 13.1 Å². The first-order chi connectivity index (χ1) is 15.2. The molecule has 0 atom stereocenters. The van der Waals surface area contributed by atoms with Gasteiger partial charge < -0.3 is 0 Å². The van der Waals surface area contributed by atoms with Gasteiger partial charge in [-0.05, 0) is 58.0 Å². The zero-order valence-corrected chi connectivity index (χ0v) is 18.8. The lowest BCUT2D eigenvalue weighted by atomic mass is 10.1. The molecular weight excluding hydrogens is 406 g/mol. The molecule has 31 heavy (non-hydrogen) atoms. The molecule has 1 fully saturated rings. The number of nitrogens with zero attached hydrogens (tertiary/aromatic N) is 7. The van der Waals surface area contributed by atoms with Crippen LogP contribution in [0.3, 0.4) is 0 Å². The van der Waals surface area contributed by atoms with Crippen LogP contribution in [0.5, 0.6) is 0 Å². The summed E-state index contributed by atoms with van der Waals surface area (Å²) in [5, 5.41) is 10.0. The number of hydrogen-bond donors (Lipinski definition) is 0. The van der Waals surface area contributed by atoms with Crippen LogP contribution in [0, 0.1) is 13.8 Å². The summed E-state index contributed by atoms with van der Waals surface area (Å²) in [6.45, 7) is 7.19. The third-order valence-electron chi connectivity index (χ3n) is 5.69. The topological polar surface area (TPSA) is 64.1 Å². The Kier molecular flexibility index (Phi) is 5.74. The number of aromatic nitrogens is 6. The quantitative estimate of drug-likeness (QED) is 0.425. The first-order valence-electron chi connectivity index (χ1n) is 10.8. The number of aryl methyl sites for hydroxylation is 2. The van der Waals surface area contributed by atoms with Gasteiger partial charge in [0.25, 0.3) is 0 Å². The predicted octanol–water partition coefficient (Wildman–Crippen LogP) is 4.21. The second-order valence-electron chi connectivity index (χ2n) is 8.14. The van der Waals surface area contributed by atoms with Gasteiger partial charge in [0.15, 0.2) is 11.0 Å². The van der Waals surface area contributed by atoms with Crippen LogP contribution in [0.25, 0.3) is 11.5 Å². The molecule has 4 aromatic rings. The van der Waals surface area contributed by atoms with Crippen LogP contribution in [-0.4, -0.2) is 47.1 Å². The van der Waals surface area contributed by atoms with Gasteiger partial charge in [-0.25, -0.2) is 9.97 Å². The van der Waals surface area contributed by atoms with E-state index in [1.807, 2.05) is 17.4 Å². The Labute approximate surface area is 186 Å². The molecule has 0 radical (unpaired) electrons. The van der Waals surface area contributed by atoms with Gasteiger partial charge in [0.2, 0.25) is 5.78 Å². The predicted molar refractivity (Wildman–Crippen MR) is 123 cm³/mol. The zero-order valence-electron chi connectivity index (χ0n) is 18.0. The second kappa shape index (κ2) is 8.80. The molecule has 0 unspecified atom stereocenters. The van der Waals surface area contributed by atoms with Crippen molar-refractivity contribution in [1.29, 1.82) is 0 Å². The number of likely N-dealkylation sites (tertiary alicyclic amines) is 1. The minimum atomic E-state index is 0.719. The SMILES string of the molecule is Cc1cc(C)n2cc(CSc3nnc(CN4CCCCC4)n3-c3ccccc3)nc2n1. The lowest BCUT2D eigenvalue weighted by molar-refractivity contribution is 0.214. The maximum absolute atomic E-state index is 4.72. The van der Waals surface area contributed by atoms with Crippen LogP contribution in [-0.2, 0) is 12.3 Å². The average molecular weight is 434 g/mol. The summed E-state index contributed by atoms with van der Waals surface area (Å²) < 4.78 is 4.25. The highest BCUT2D eigenvalue weighted by atomic mass is 32.2. The van der Waals surface area contributed by atoms with E-state index in [1.165, 1.54) is 19.3 Å². The van der Waals surface area contributed by atoms with Crippen molar-refractivity contribution in [3.8, 4) is 5.69 Å². The molecule has 7 nitrogen and oxygen atoms in total. The molecule has 0 aliphatic carbocycles. The van der Waals surface area contributed by atoms with Gasteiger partial charge in [0.05, 0.1) is 12.2 Å². The average Bonchev–Trinajstić information content (AvgIpc) is 3.37. The van der Waals surface area contributed by atoms with Crippen LogP contribution in [0.4, 0.5) is 0 Å². The Balaban J connectivity index is 1.41. The molecule has 1 aliphatic rings. The van der Waals surface area contributed by atoms with E-state index in [0.29, 0.717) is 0 Å². The number of hydrogen-bond acceptors (Lipinski definition) is 6. The molecule has 4 heterocycles. The molecule has 5 rings (SSSR count). The highest BCUT2D eigenvalue weighted by Crippen LogP contribution is 2.26. The minimum absolute atomic E-state index is 0.719. The summed E-state index contributed by atoms with van der Waals surface area (Å²) >= 11 is 1.67. The van der Waals surface area contributed by atoms with Crippen molar-refractivity contribution in [3.05, 3.63) is 65.5 Å². The molecule has 1 aromatic carbocycles. The van der Waals surface area contributed by atoms with Crippen LogP contribution in [0.2, 0.25) is 0 Å². The van der Waals surface area contributed by atoms with Gasteiger partial charge in [0.1, 0.15) is 0 Å². The fourth-order valence-corrected chi connectivity index (χ4v) is 5.03. The number of piperidine rings is 1. The molecule has 8 heteroatoms. The first kappa shape index (κ1) is 20.2. The van der Waals surface area contributed by atoms with E-state index in [4.69, 9.17) is 4.98 Å². The van der Waals surface area contributed by atoms with Crippen molar-refractivity contribution in [3.63, 3.8) is 0 Å². The van der Waals surface area contributed by atoms with E-state index in [-0.39, 0.29) is 0 Å². The van der Waals surface area contributed by atoms with E-state index in [2.05, 4.69) is 68.1 Å². The van der Waals surface area contributed by atoms with E-state index < -0.39 is 0 Å². The van der Waals surface area contributed by atoms with Gasteiger partial charge >= 0.3 is 0 Å². The van der Waals surface area contributed by atoms with Crippen molar-refractivity contribution < 1.29 is 0 Å². The number of imidazole rings is 1.